The Labute approximate surface area is 221 Å². The zero-order valence-corrected chi connectivity index (χ0v) is 21.5. The van der Waals surface area contributed by atoms with Crippen molar-refractivity contribution < 1.29 is 9.53 Å². The molecule has 0 unspecified atom stereocenters. The summed E-state index contributed by atoms with van der Waals surface area (Å²) in [6.45, 7) is 2.08. The number of pyridine rings is 2. The average Bonchev–Trinajstić information content (AvgIpc) is 3.32. The van der Waals surface area contributed by atoms with Crippen LogP contribution in [0.15, 0.2) is 102 Å². The summed E-state index contributed by atoms with van der Waals surface area (Å²) in [6.07, 6.45) is 1.54. The van der Waals surface area contributed by atoms with E-state index in [9.17, 15) is 4.79 Å². The minimum atomic E-state index is -0.412. The number of rotatable bonds is 5. The Bertz CT molecular complexity index is 1780. The molecule has 3 aromatic carbocycles. The molecule has 0 radical (unpaired) electrons. The quantitative estimate of drug-likeness (QED) is 0.212. The van der Waals surface area contributed by atoms with Gasteiger partial charge in [0, 0.05) is 32.9 Å². The highest BCUT2D eigenvalue weighted by molar-refractivity contribution is 9.10. The summed E-state index contributed by atoms with van der Waals surface area (Å²) in [5, 5.41) is 1.00. The first kappa shape index (κ1) is 23.1. The van der Waals surface area contributed by atoms with Crippen molar-refractivity contribution in [2.45, 2.75) is 6.92 Å². The van der Waals surface area contributed by atoms with Gasteiger partial charge in [0.15, 0.2) is 5.65 Å². The monoisotopic (exact) mass is 548 g/mol. The van der Waals surface area contributed by atoms with Crippen LogP contribution in [0.3, 0.4) is 0 Å². The molecule has 0 aliphatic carbocycles. The van der Waals surface area contributed by atoms with Crippen molar-refractivity contribution in [3.63, 3.8) is 0 Å². The lowest BCUT2D eigenvalue weighted by Crippen LogP contribution is -2.05. The van der Waals surface area contributed by atoms with Gasteiger partial charge in [-0.1, -0.05) is 58.4 Å². The zero-order valence-electron chi connectivity index (χ0n) is 19.9. The topological polar surface area (TPSA) is 69.9 Å². The number of hydrogen-bond donors (Lipinski definition) is 0. The van der Waals surface area contributed by atoms with Crippen molar-refractivity contribution in [2.75, 3.05) is 6.61 Å². The molecule has 3 heterocycles. The summed E-state index contributed by atoms with van der Waals surface area (Å²) < 4.78 is 8.17. The Morgan fingerprint density at radius 1 is 0.892 bits per heavy atom. The van der Waals surface area contributed by atoms with E-state index >= 15 is 0 Å². The predicted molar refractivity (Wildman–Crippen MR) is 149 cm³/mol. The average molecular weight is 549 g/mol. The maximum absolute atomic E-state index is 12.3. The molecular formula is C30H21BrN4O2. The standard InChI is InChI=1S/C30H21BrN4O2/c1-2-37-30(36)21-17-27-29(32-18-21)35(22-8-4-3-5-9-22)28(34-27)20-13-14-25-19(16-20)12-15-26(33-25)23-10-6-7-11-24(23)31/h3-18H,2H2,1H3. The second-order valence-electron chi connectivity index (χ2n) is 8.48. The number of ether oxygens (including phenoxy) is 1. The minimum Gasteiger partial charge on any atom is -0.462 e. The van der Waals surface area contributed by atoms with E-state index in [-0.39, 0.29) is 0 Å². The fourth-order valence-electron chi connectivity index (χ4n) is 4.39. The van der Waals surface area contributed by atoms with E-state index in [0.717, 1.165) is 43.7 Å². The molecule has 0 spiro atoms. The molecule has 3 aromatic heterocycles. The van der Waals surface area contributed by atoms with E-state index in [1.807, 2.05) is 77.4 Å². The predicted octanol–water partition coefficient (Wildman–Crippen LogP) is 7.24. The number of fused-ring (bicyclic) bond motifs is 2. The number of aromatic nitrogens is 4. The summed E-state index contributed by atoms with van der Waals surface area (Å²) in [4.78, 5) is 26.7. The fourth-order valence-corrected chi connectivity index (χ4v) is 4.88. The lowest BCUT2D eigenvalue weighted by atomic mass is 10.1. The molecule has 37 heavy (non-hydrogen) atoms. The molecule has 7 heteroatoms. The molecule has 0 saturated heterocycles. The van der Waals surface area contributed by atoms with Crippen LogP contribution in [0.4, 0.5) is 0 Å². The molecule has 0 aliphatic heterocycles. The van der Waals surface area contributed by atoms with Gasteiger partial charge in [0.2, 0.25) is 0 Å². The number of halogens is 1. The van der Waals surface area contributed by atoms with Gasteiger partial charge in [0.25, 0.3) is 0 Å². The lowest BCUT2D eigenvalue weighted by Gasteiger charge is -2.10. The Kier molecular flexibility index (Phi) is 5.98. The number of carbonyl (C=O) groups excluding carboxylic acids is 1. The van der Waals surface area contributed by atoms with E-state index in [4.69, 9.17) is 14.7 Å². The highest BCUT2D eigenvalue weighted by Gasteiger charge is 2.18. The fraction of sp³-hybridized carbons (Fsp3) is 0.0667. The summed E-state index contributed by atoms with van der Waals surface area (Å²) in [5.74, 6) is 0.317. The number of esters is 1. The third kappa shape index (κ3) is 4.27. The molecule has 0 N–H and O–H groups in total. The number of para-hydroxylation sites is 1. The van der Waals surface area contributed by atoms with Crippen molar-refractivity contribution in [2.24, 2.45) is 0 Å². The van der Waals surface area contributed by atoms with Crippen LogP contribution in [0, 0.1) is 0 Å². The molecule has 0 atom stereocenters. The summed E-state index contributed by atoms with van der Waals surface area (Å²) >= 11 is 3.62. The lowest BCUT2D eigenvalue weighted by molar-refractivity contribution is 0.0526. The van der Waals surface area contributed by atoms with Crippen molar-refractivity contribution in [1.82, 2.24) is 19.5 Å². The van der Waals surface area contributed by atoms with E-state index in [1.54, 1.807) is 19.2 Å². The van der Waals surface area contributed by atoms with Crippen LogP contribution in [-0.4, -0.2) is 32.1 Å². The minimum absolute atomic E-state index is 0.300. The number of nitrogens with zero attached hydrogens (tertiary/aromatic N) is 4. The molecule has 0 fully saturated rings. The molecule has 6 aromatic rings. The molecule has 180 valence electrons. The van der Waals surface area contributed by atoms with Crippen LogP contribution in [0.2, 0.25) is 0 Å². The van der Waals surface area contributed by atoms with Gasteiger partial charge >= 0.3 is 5.97 Å². The van der Waals surface area contributed by atoms with Gasteiger partial charge in [-0.15, -0.1) is 0 Å². The number of benzene rings is 3. The molecule has 6 nitrogen and oxygen atoms in total. The largest absolute Gasteiger partial charge is 0.462 e. The first-order chi connectivity index (χ1) is 18.1. The summed E-state index contributed by atoms with van der Waals surface area (Å²) in [6, 6.07) is 30.0. The van der Waals surface area contributed by atoms with Gasteiger partial charge in [0.05, 0.1) is 23.4 Å². The third-order valence-electron chi connectivity index (χ3n) is 6.12. The SMILES string of the molecule is CCOC(=O)c1cnc2c(c1)nc(-c1ccc3nc(-c4ccccc4Br)ccc3c1)n2-c1ccccc1. The third-order valence-corrected chi connectivity index (χ3v) is 6.81. The highest BCUT2D eigenvalue weighted by Crippen LogP contribution is 2.32. The van der Waals surface area contributed by atoms with Gasteiger partial charge < -0.3 is 4.74 Å². The van der Waals surface area contributed by atoms with Gasteiger partial charge in [0.1, 0.15) is 11.3 Å². The second-order valence-corrected chi connectivity index (χ2v) is 9.33. The molecule has 0 bridgehead atoms. The van der Waals surface area contributed by atoms with Crippen molar-refractivity contribution in [3.8, 4) is 28.3 Å². The maximum atomic E-state index is 12.3. The first-order valence-corrected chi connectivity index (χ1v) is 12.7. The van der Waals surface area contributed by atoms with Crippen LogP contribution >= 0.6 is 15.9 Å². The number of imidazole rings is 1. The van der Waals surface area contributed by atoms with Crippen LogP contribution in [0.5, 0.6) is 0 Å². The Balaban J connectivity index is 1.50. The maximum Gasteiger partial charge on any atom is 0.339 e. The summed E-state index contributed by atoms with van der Waals surface area (Å²) in [5.41, 5.74) is 6.34. The normalized spacial score (nSPS) is 11.2. The van der Waals surface area contributed by atoms with Gasteiger partial charge in [-0.3, -0.25) is 4.57 Å². The first-order valence-electron chi connectivity index (χ1n) is 11.9. The molecule has 0 aliphatic rings. The van der Waals surface area contributed by atoms with Crippen LogP contribution in [0.25, 0.3) is 50.4 Å². The van der Waals surface area contributed by atoms with E-state index in [0.29, 0.717) is 23.3 Å². The molecule has 0 amide bonds. The van der Waals surface area contributed by atoms with Gasteiger partial charge in [-0.05, 0) is 55.5 Å². The Hall–Kier alpha value is -4.36. The van der Waals surface area contributed by atoms with E-state index in [1.165, 1.54) is 0 Å². The van der Waals surface area contributed by atoms with Crippen LogP contribution in [0.1, 0.15) is 17.3 Å². The number of carbonyl (C=O) groups is 1. The van der Waals surface area contributed by atoms with Crippen molar-refractivity contribution >= 4 is 44.0 Å². The van der Waals surface area contributed by atoms with Crippen LogP contribution in [-0.2, 0) is 4.74 Å². The number of hydrogen-bond acceptors (Lipinski definition) is 5. The van der Waals surface area contributed by atoms with Crippen LogP contribution < -0.4 is 0 Å². The second kappa shape index (κ2) is 9.59. The van der Waals surface area contributed by atoms with E-state index in [2.05, 4.69) is 33.0 Å². The molecular weight excluding hydrogens is 528 g/mol. The Morgan fingerprint density at radius 2 is 1.70 bits per heavy atom. The molecule has 0 saturated carbocycles. The zero-order chi connectivity index (χ0) is 25.4. The van der Waals surface area contributed by atoms with E-state index < -0.39 is 5.97 Å². The summed E-state index contributed by atoms with van der Waals surface area (Å²) in [7, 11) is 0. The smallest absolute Gasteiger partial charge is 0.339 e. The van der Waals surface area contributed by atoms with Gasteiger partial charge in [-0.25, -0.2) is 19.7 Å². The van der Waals surface area contributed by atoms with Gasteiger partial charge in [-0.2, -0.15) is 0 Å². The van der Waals surface area contributed by atoms with Crippen molar-refractivity contribution in [3.05, 3.63) is 107 Å². The van der Waals surface area contributed by atoms with Crippen molar-refractivity contribution in [1.29, 1.82) is 0 Å². The highest BCUT2D eigenvalue weighted by atomic mass is 79.9. The Morgan fingerprint density at radius 3 is 2.51 bits per heavy atom. The molecule has 6 rings (SSSR count).